The molecule has 1 aliphatic rings. The summed E-state index contributed by atoms with van der Waals surface area (Å²) in [5.41, 5.74) is 0.662. The molecule has 7 nitrogen and oxygen atoms in total. The molecule has 0 atom stereocenters. The molecule has 180 valence electrons. The highest BCUT2D eigenvalue weighted by atomic mass is 19.1. The lowest BCUT2D eigenvalue weighted by Gasteiger charge is -2.34. The van der Waals surface area contributed by atoms with Gasteiger partial charge in [0.25, 0.3) is 5.91 Å². The summed E-state index contributed by atoms with van der Waals surface area (Å²) in [4.78, 5) is 31.3. The van der Waals surface area contributed by atoms with E-state index in [1.165, 1.54) is 18.6 Å². The van der Waals surface area contributed by atoms with Crippen LogP contribution in [0.4, 0.5) is 4.39 Å². The summed E-state index contributed by atoms with van der Waals surface area (Å²) in [5, 5.41) is 3.97. The van der Waals surface area contributed by atoms with Crippen LogP contribution in [0.15, 0.2) is 28.8 Å². The molecule has 1 saturated carbocycles. The number of halogens is 1. The molecule has 2 aromatic rings. The average molecular weight is 460 g/mol. The number of nitrogens with zero attached hydrogens (tertiary/aromatic N) is 3. The van der Waals surface area contributed by atoms with E-state index in [1.807, 2.05) is 20.8 Å². The summed E-state index contributed by atoms with van der Waals surface area (Å²) in [5.74, 6) is 0.176. The van der Waals surface area contributed by atoms with Gasteiger partial charge in [-0.2, -0.15) is 4.98 Å². The highest BCUT2D eigenvalue weighted by molar-refractivity contribution is 5.81. The molecule has 1 aromatic heterocycles. The van der Waals surface area contributed by atoms with Crippen molar-refractivity contribution in [3.63, 3.8) is 0 Å². The van der Waals surface area contributed by atoms with Gasteiger partial charge < -0.3 is 14.2 Å². The van der Waals surface area contributed by atoms with Gasteiger partial charge in [-0.25, -0.2) is 4.39 Å². The Morgan fingerprint density at radius 1 is 1.15 bits per heavy atom. The molecule has 0 unspecified atom stereocenters. The Bertz CT molecular complexity index is 914. The average Bonchev–Trinajstić information content (AvgIpc) is 3.27. The lowest BCUT2D eigenvalue weighted by molar-refractivity contribution is -0.153. The normalized spacial score (nSPS) is 14.8. The Balaban J connectivity index is 1.48. The van der Waals surface area contributed by atoms with Crippen molar-refractivity contribution in [3.05, 3.63) is 47.4 Å². The molecule has 0 spiro atoms. The molecule has 33 heavy (non-hydrogen) atoms. The van der Waals surface area contributed by atoms with Gasteiger partial charge in [0, 0.05) is 30.8 Å². The number of benzene rings is 1. The predicted molar refractivity (Wildman–Crippen MR) is 121 cm³/mol. The molecule has 8 heteroatoms. The van der Waals surface area contributed by atoms with Crippen LogP contribution < -0.4 is 0 Å². The van der Waals surface area contributed by atoms with E-state index in [2.05, 4.69) is 10.1 Å². The summed E-state index contributed by atoms with van der Waals surface area (Å²) in [6, 6.07) is 6.28. The molecule has 1 aromatic carbocycles. The van der Waals surface area contributed by atoms with E-state index in [0.717, 1.165) is 31.2 Å². The number of hydrogen-bond acceptors (Lipinski definition) is 6. The van der Waals surface area contributed by atoms with Crippen LogP contribution in [-0.4, -0.2) is 39.6 Å². The van der Waals surface area contributed by atoms with E-state index in [9.17, 15) is 14.0 Å². The van der Waals surface area contributed by atoms with E-state index in [4.69, 9.17) is 9.26 Å². The lowest BCUT2D eigenvalue weighted by atomic mass is 9.93. The number of carbonyl (C=O) groups is 2. The van der Waals surface area contributed by atoms with E-state index < -0.39 is 5.97 Å². The monoisotopic (exact) mass is 459 g/mol. The molecule has 0 N–H and O–H groups in total. The second-order valence-corrected chi connectivity index (χ2v) is 9.72. The van der Waals surface area contributed by atoms with Crippen molar-refractivity contribution in [2.45, 2.75) is 90.1 Å². The van der Waals surface area contributed by atoms with Crippen LogP contribution in [0.5, 0.6) is 0 Å². The van der Waals surface area contributed by atoms with Crippen LogP contribution in [0.2, 0.25) is 0 Å². The lowest BCUT2D eigenvalue weighted by Crippen LogP contribution is -2.43. The SMILES string of the molecule is CC(C)(C)c1noc(CCCC(=O)OCC(=O)N(Cc2ccc(F)cc2)C2CCCCC2)n1. The Morgan fingerprint density at radius 3 is 2.48 bits per heavy atom. The first-order valence-corrected chi connectivity index (χ1v) is 11.7. The van der Waals surface area contributed by atoms with Crippen molar-refractivity contribution in [1.29, 1.82) is 0 Å². The zero-order valence-electron chi connectivity index (χ0n) is 19.8. The third-order valence-electron chi connectivity index (χ3n) is 5.87. The minimum atomic E-state index is -0.427. The molecule has 0 aliphatic heterocycles. The molecule has 3 rings (SSSR count). The predicted octanol–water partition coefficient (Wildman–Crippen LogP) is 4.73. The highest BCUT2D eigenvalue weighted by Gasteiger charge is 2.26. The highest BCUT2D eigenvalue weighted by Crippen LogP contribution is 2.24. The summed E-state index contributed by atoms with van der Waals surface area (Å²) >= 11 is 0. The molecule has 0 bridgehead atoms. The van der Waals surface area contributed by atoms with Crippen LogP contribution in [-0.2, 0) is 32.7 Å². The maximum Gasteiger partial charge on any atom is 0.306 e. The first-order chi connectivity index (χ1) is 15.7. The molecule has 1 amide bonds. The topological polar surface area (TPSA) is 85.5 Å². The van der Waals surface area contributed by atoms with Gasteiger partial charge in [-0.05, 0) is 37.0 Å². The van der Waals surface area contributed by atoms with Crippen LogP contribution in [0, 0.1) is 5.82 Å². The molecular formula is C25H34FN3O4. The molecule has 1 aliphatic carbocycles. The van der Waals surface area contributed by atoms with Crippen molar-refractivity contribution in [2.75, 3.05) is 6.61 Å². The molecule has 1 fully saturated rings. The van der Waals surface area contributed by atoms with Crippen LogP contribution >= 0.6 is 0 Å². The molecule has 1 heterocycles. The van der Waals surface area contributed by atoms with Gasteiger partial charge >= 0.3 is 5.97 Å². The number of carbonyl (C=O) groups excluding carboxylic acids is 2. The maximum absolute atomic E-state index is 13.3. The van der Waals surface area contributed by atoms with Gasteiger partial charge in [-0.1, -0.05) is 57.3 Å². The fourth-order valence-electron chi connectivity index (χ4n) is 3.94. The summed E-state index contributed by atoms with van der Waals surface area (Å²) in [6.45, 7) is 6.11. The Labute approximate surface area is 194 Å². The molecule has 0 radical (unpaired) electrons. The number of aryl methyl sites for hydroxylation is 1. The Morgan fingerprint density at radius 2 is 1.85 bits per heavy atom. The third-order valence-corrected chi connectivity index (χ3v) is 5.87. The second kappa shape index (κ2) is 11.4. The minimum absolute atomic E-state index is 0.115. The second-order valence-electron chi connectivity index (χ2n) is 9.72. The summed E-state index contributed by atoms with van der Waals surface area (Å²) < 4.78 is 23.8. The Hall–Kier alpha value is -2.77. The first-order valence-electron chi connectivity index (χ1n) is 11.7. The summed E-state index contributed by atoms with van der Waals surface area (Å²) in [6.07, 6.45) is 6.33. The number of rotatable bonds is 9. The van der Waals surface area contributed by atoms with Crippen molar-refractivity contribution >= 4 is 11.9 Å². The largest absolute Gasteiger partial charge is 0.456 e. The number of hydrogen-bond donors (Lipinski definition) is 0. The van der Waals surface area contributed by atoms with Crippen LogP contribution in [0.1, 0.15) is 83.0 Å². The Kier molecular flexibility index (Phi) is 8.58. The minimum Gasteiger partial charge on any atom is -0.456 e. The van der Waals surface area contributed by atoms with Gasteiger partial charge in [0.2, 0.25) is 5.89 Å². The number of esters is 1. The van der Waals surface area contributed by atoms with Gasteiger partial charge in [-0.15, -0.1) is 0 Å². The third kappa shape index (κ3) is 7.65. The number of aromatic nitrogens is 2. The molecular weight excluding hydrogens is 425 g/mol. The summed E-state index contributed by atoms with van der Waals surface area (Å²) in [7, 11) is 0. The smallest absolute Gasteiger partial charge is 0.306 e. The van der Waals surface area contributed by atoms with E-state index in [0.29, 0.717) is 31.1 Å². The molecule has 0 saturated heterocycles. The maximum atomic E-state index is 13.3. The van der Waals surface area contributed by atoms with Gasteiger partial charge in [0.15, 0.2) is 12.4 Å². The fourth-order valence-corrected chi connectivity index (χ4v) is 3.94. The van der Waals surface area contributed by atoms with Crippen molar-refractivity contribution in [2.24, 2.45) is 0 Å². The zero-order chi connectivity index (χ0) is 23.8. The van der Waals surface area contributed by atoms with Crippen LogP contribution in [0.3, 0.4) is 0 Å². The van der Waals surface area contributed by atoms with Gasteiger partial charge in [-0.3, -0.25) is 9.59 Å². The van der Waals surface area contributed by atoms with E-state index in [-0.39, 0.29) is 36.2 Å². The fraction of sp³-hybridized carbons (Fsp3) is 0.600. The van der Waals surface area contributed by atoms with Crippen LogP contribution in [0.25, 0.3) is 0 Å². The quantitative estimate of drug-likeness (QED) is 0.504. The first kappa shape index (κ1) is 24.9. The van der Waals surface area contributed by atoms with Crippen molar-refractivity contribution in [1.82, 2.24) is 15.0 Å². The zero-order valence-corrected chi connectivity index (χ0v) is 19.8. The van der Waals surface area contributed by atoms with Crippen molar-refractivity contribution < 1.29 is 23.2 Å². The van der Waals surface area contributed by atoms with Gasteiger partial charge in [0.1, 0.15) is 5.82 Å². The van der Waals surface area contributed by atoms with E-state index >= 15 is 0 Å². The number of amides is 1. The van der Waals surface area contributed by atoms with Gasteiger partial charge in [0.05, 0.1) is 0 Å². The number of ether oxygens (including phenoxy) is 1. The standard InChI is InChI=1S/C25H34FN3O4/c1-25(2,3)24-27-21(33-28-24)10-7-11-23(31)32-17-22(30)29(20-8-5-4-6-9-20)16-18-12-14-19(26)15-13-18/h12-15,20H,4-11,16-17H2,1-3H3. The van der Waals surface area contributed by atoms with E-state index in [1.54, 1.807) is 17.0 Å². The van der Waals surface area contributed by atoms with Crippen molar-refractivity contribution in [3.8, 4) is 0 Å².